The van der Waals surface area contributed by atoms with Gasteiger partial charge in [-0.3, -0.25) is 4.79 Å². The van der Waals surface area contributed by atoms with Gasteiger partial charge in [-0.05, 0) is 18.8 Å². The molecule has 0 saturated heterocycles. The fourth-order valence-corrected chi connectivity index (χ4v) is 3.70. The SMILES string of the molecule is CCCCCCCCCCCCCCCCC(O)C(CC(C)C)OC(C)=O. The Labute approximate surface area is 169 Å². The largest absolute Gasteiger partial charge is 0.460 e. The van der Waals surface area contributed by atoms with Gasteiger partial charge in [-0.1, -0.05) is 111 Å². The Morgan fingerprint density at radius 1 is 0.778 bits per heavy atom. The molecule has 0 aromatic rings. The van der Waals surface area contributed by atoms with Crippen LogP contribution >= 0.6 is 0 Å². The molecule has 0 saturated carbocycles. The Morgan fingerprint density at radius 2 is 1.19 bits per heavy atom. The fourth-order valence-electron chi connectivity index (χ4n) is 3.70. The average molecular weight is 385 g/mol. The highest BCUT2D eigenvalue weighted by Gasteiger charge is 2.22. The van der Waals surface area contributed by atoms with Gasteiger partial charge >= 0.3 is 5.97 Å². The van der Waals surface area contributed by atoms with Crippen LogP contribution in [0.5, 0.6) is 0 Å². The molecule has 27 heavy (non-hydrogen) atoms. The molecule has 0 radical (unpaired) electrons. The van der Waals surface area contributed by atoms with Crippen molar-refractivity contribution in [2.75, 3.05) is 0 Å². The lowest BCUT2D eigenvalue weighted by molar-refractivity contribution is -0.153. The normalized spacial score (nSPS) is 13.7. The van der Waals surface area contributed by atoms with Gasteiger partial charge in [-0.25, -0.2) is 0 Å². The first-order chi connectivity index (χ1) is 13.0. The number of hydrogen-bond donors (Lipinski definition) is 1. The molecule has 0 aromatic heterocycles. The van der Waals surface area contributed by atoms with Gasteiger partial charge in [0.15, 0.2) is 0 Å². The molecule has 0 amide bonds. The Morgan fingerprint density at radius 3 is 1.56 bits per heavy atom. The Kier molecular flexibility index (Phi) is 18.4. The average Bonchev–Trinajstić information content (AvgIpc) is 2.60. The lowest BCUT2D eigenvalue weighted by Gasteiger charge is -2.24. The second-order valence-corrected chi connectivity index (χ2v) is 8.73. The minimum Gasteiger partial charge on any atom is -0.460 e. The topological polar surface area (TPSA) is 46.5 Å². The number of carbonyl (C=O) groups excluding carboxylic acids is 1. The lowest BCUT2D eigenvalue weighted by atomic mass is 9.97. The number of aliphatic hydroxyl groups is 1. The first-order valence-electron chi connectivity index (χ1n) is 11.8. The molecule has 0 bridgehead atoms. The summed E-state index contributed by atoms with van der Waals surface area (Å²) in [6.45, 7) is 7.88. The van der Waals surface area contributed by atoms with E-state index in [0.717, 1.165) is 19.3 Å². The molecule has 0 aromatic carbocycles. The van der Waals surface area contributed by atoms with Gasteiger partial charge in [0.2, 0.25) is 0 Å². The number of ether oxygens (including phenoxy) is 1. The maximum atomic E-state index is 11.2. The van der Waals surface area contributed by atoms with Crippen LogP contribution in [0.3, 0.4) is 0 Å². The molecular formula is C24H48O3. The molecule has 1 N–H and O–H groups in total. The molecule has 0 aliphatic heterocycles. The predicted molar refractivity (Wildman–Crippen MR) is 116 cm³/mol. The summed E-state index contributed by atoms with van der Waals surface area (Å²) in [6.07, 6.45) is 19.3. The van der Waals surface area contributed by atoms with Gasteiger partial charge in [-0.2, -0.15) is 0 Å². The van der Waals surface area contributed by atoms with Crippen molar-refractivity contribution in [3.8, 4) is 0 Å². The molecule has 0 fully saturated rings. The van der Waals surface area contributed by atoms with E-state index in [4.69, 9.17) is 4.74 Å². The smallest absolute Gasteiger partial charge is 0.302 e. The second-order valence-electron chi connectivity index (χ2n) is 8.73. The Bertz CT molecular complexity index is 328. The minimum absolute atomic E-state index is 0.291. The number of unbranched alkanes of at least 4 members (excludes halogenated alkanes) is 13. The summed E-state index contributed by atoms with van der Waals surface area (Å²) in [5.41, 5.74) is 0. The summed E-state index contributed by atoms with van der Waals surface area (Å²) in [5, 5.41) is 10.3. The van der Waals surface area contributed by atoms with Gasteiger partial charge in [-0.15, -0.1) is 0 Å². The van der Waals surface area contributed by atoms with Crippen molar-refractivity contribution in [2.45, 2.75) is 143 Å². The van der Waals surface area contributed by atoms with Crippen LogP contribution in [0.2, 0.25) is 0 Å². The number of carbonyl (C=O) groups is 1. The first-order valence-corrected chi connectivity index (χ1v) is 11.8. The van der Waals surface area contributed by atoms with E-state index < -0.39 is 6.10 Å². The molecule has 0 aliphatic rings. The van der Waals surface area contributed by atoms with Crippen LogP contribution in [0.4, 0.5) is 0 Å². The van der Waals surface area contributed by atoms with Gasteiger partial charge in [0.1, 0.15) is 6.10 Å². The van der Waals surface area contributed by atoms with E-state index in [9.17, 15) is 9.90 Å². The van der Waals surface area contributed by atoms with E-state index >= 15 is 0 Å². The zero-order valence-electron chi connectivity index (χ0n) is 18.8. The number of esters is 1. The summed E-state index contributed by atoms with van der Waals surface area (Å²) in [4.78, 5) is 11.2. The van der Waals surface area contributed by atoms with Crippen molar-refractivity contribution >= 4 is 5.97 Å². The highest BCUT2D eigenvalue weighted by atomic mass is 16.6. The van der Waals surface area contributed by atoms with Crippen LogP contribution in [-0.2, 0) is 9.53 Å². The zero-order valence-corrected chi connectivity index (χ0v) is 18.8. The van der Waals surface area contributed by atoms with Gasteiger partial charge in [0.25, 0.3) is 0 Å². The maximum absolute atomic E-state index is 11.2. The van der Waals surface area contributed by atoms with Crippen molar-refractivity contribution in [3.05, 3.63) is 0 Å². The summed E-state index contributed by atoms with van der Waals surface area (Å²) in [5.74, 6) is 0.126. The van der Waals surface area contributed by atoms with E-state index in [1.54, 1.807) is 0 Å². The van der Waals surface area contributed by atoms with Crippen LogP contribution in [0.25, 0.3) is 0 Å². The van der Waals surface area contributed by atoms with Crippen molar-refractivity contribution in [1.82, 2.24) is 0 Å². The van der Waals surface area contributed by atoms with Crippen LogP contribution in [-0.4, -0.2) is 23.3 Å². The fraction of sp³-hybridized carbons (Fsp3) is 0.958. The number of rotatable bonds is 19. The molecule has 162 valence electrons. The van der Waals surface area contributed by atoms with Gasteiger partial charge < -0.3 is 9.84 Å². The highest BCUT2D eigenvalue weighted by molar-refractivity contribution is 5.66. The molecule has 2 unspecified atom stereocenters. The zero-order chi connectivity index (χ0) is 20.3. The maximum Gasteiger partial charge on any atom is 0.302 e. The molecule has 3 nitrogen and oxygen atoms in total. The molecule has 3 heteroatoms. The summed E-state index contributed by atoms with van der Waals surface area (Å²) in [7, 11) is 0. The predicted octanol–water partition coefficient (Wildman–Crippen LogP) is 7.20. The molecule has 2 atom stereocenters. The molecule has 0 spiro atoms. The number of hydrogen-bond acceptors (Lipinski definition) is 3. The summed E-state index contributed by atoms with van der Waals surface area (Å²) in [6, 6.07) is 0. The first kappa shape index (κ1) is 26.4. The van der Waals surface area contributed by atoms with Crippen molar-refractivity contribution in [1.29, 1.82) is 0 Å². The highest BCUT2D eigenvalue weighted by Crippen LogP contribution is 2.18. The van der Waals surface area contributed by atoms with Crippen LogP contribution in [0.1, 0.15) is 130 Å². The Balaban J connectivity index is 3.50. The third-order valence-electron chi connectivity index (χ3n) is 5.30. The quantitative estimate of drug-likeness (QED) is 0.189. The van der Waals surface area contributed by atoms with Gasteiger partial charge in [0.05, 0.1) is 6.10 Å². The summed E-state index contributed by atoms with van der Waals surface area (Å²) < 4.78 is 5.30. The monoisotopic (exact) mass is 384 g/mol. The van der Waals surface area contributed by atoms with E-state index in [-0.39, 0.29) is 12.1 Å². The van der Waals surface area contributed by atoms with Gasteiger partial charge in [0, 0.05) is 6.92 Å². The lowest BCUT2D eigenvalue weighted by Crippen LogP contribution is -2.32. The number of aliphatic hydroxyl groups excluding tert-OH is 1. The Hall–Kier alpha value is -0.570. The van der Waals surface area contributed by atoms with E-state index in [2.05, 4.69) is 20.8 Å². The standard InChI is InChI=1S/C24H48O3/c1-5-6-7-8-9-10-11-12-13-14-15-16-17-18-19-23(26)24(20-21(2)3)27-22(4)25/h21,23-24,26H,5-20H2,1-4H3. The van der Waals surface area contributed by atoms with Crippen LogP contribution in [0.15, 0.2) is 0 Å². The summed E-state index contributed by atoms with van der Waals surface area (Å²) >= 11 is 0. The molecule has 0 heterocycles. The third kappa shape index (κ3) is 18.6. The molecule has 0 rings (SSSR count). The van der Waals surface area contributed by atoms with E-state index in [0.29, 0.717) is 5.92 Å². The van der Waals surface area contributed by atoms with Crippen molar-refractivity contribution in [3.63, 3.8) is 0 Å². The second kappa shape index (κ2) is 18.8. The van der Waals surface area contributed by atoms with Crippen LogP contribution in [0, 0.1) is 5.92 Å². The van der Waals surface area contributed by atoms with Crippen molar-refractivity contribution in [2.24, 2.45) is 5.92 Å². The third-order valence-corrected chi connectivity index (χ3v) is 5.30. The molecular weight excluding hydrogens is 336 g/mol. The van der Waals surface area contributed by atoms with Crippen molar-refractivity contribution < 1.29 is 14.6 Å². The van der Waals surface area contributed by atoms with E-state index in [1.165, 1.54) is 90.4 Å². The minimum atomic E-state index is -0.520. The molecule has 0 aliphatic carbocycles. The van der Waals surface area contributed by atoms with Crippen LogP contribution < -0.4 is 0 Å². The van der Waals surface area contributed by atoms with E-state index in [1.807, 2.05) is 0 Å².